The minimum atomic E-state index is 0.367. The van der Waals surface area contributed by atoms with E-state index in [9.17, 15) is 0 Å². The molecule has 84 valence electrons. The van der Waals surface area contributed by atoms with Crippen molar-refractivity contribution < 1.29 is 9.47 Å². The van der Waals surface area contributed by atoms with E-state index in [2.05, 4.69) is 20.4 Å². The summed E-state index contributed by atoms with van der Waals surface area (Å²) in [6.45, 7) is 10.2. The summed E-state index contributed by atoms with van der Waals surface area (Å²) in [6, 6.07) is 0. The Balaban J connectivity index is 2.88. The van der Waals surface area contributed by atoms with Gasteiger partial charge in [0, 0.05) is 13.2 Å². The summed E-state index contributed by atoms with van der Waals surface area (Å²) in [4.78, 5) is 0. The molecule has 0 atom stereocenters. The molecule has 0 bridgehead atoms. The zero-order chi connectivity index (χ0) is 10.6. The fourth-order valence-electron chi connectivity index (χ4n) is 1.15. The Kier molecular flexibility index (Phi) is 10.5. The van der Waals surface area contributed by atoms with E-state index >= 15 is 0 Å². The van der Waals surface area contributed by atoms with Gasteiger partial charge in [0.15, 0.2) is 0 Å². The smallest absolute Gasteiger partial charge is 0.0644 e. The zero-order valence-corrected chi connectivity index (χ0v) is 9.63. The van der Waals surface area contributed by atoms with Crippen molar-refractivity contribution in [3.8, 4) is 0 Å². The van der Waals surface area contributed by atoms with E-state index in [1.807, 2.05) is 0 Å². The molecule has 0 aromatic carbocycles. The normalized spacial score (nSPS) is 10.8. The van der Waals surface area contributed by atoms with Crippen LogP contribution in [0.5, 0.6) is 0 Å². The summed E-state index contributed by atoms with van der Waals surface area (Å²) >= 11 is 0. The molecular weight excluding hydrogens is 176 g/mol. The highest BCUT2D eigenvalue weighted by molar-refractivity contribution is 4.63. The first-order valence-corrected chi connectivity index (χ1v) is 5.57. The fraction of sp³-hybridized carbons (Fsp3) is 0.833. The van der Waals surface area contributed by atoms with Crippen LogP contribution in [0.25, 0.3) is 0 Å². The van der Waals surface area contributed by atoms with Gasteiger partial charge in [-0.25, -0.2) is 0 Å². The van der Waals surface area contributed by atoms with Gasteiger partial charge in [0.05, 0.1) is 12.7 Å². The van der Waals surface area contributed by atoms with Gasteiger partial charge in [-0.1, -0.05) is 18.9 Å². The van der Waals surface area contributed by atoms with Gasteiger partial charge < -0.3 is 9.47 Å². The molecule has 0 aromatic heterocycles. The predicted octanol–water partition coefficient (Wildman–Crippen LogP) is 3.17. The van der Waals surface area contributed by atoms with Crippen LogP contribution in [0.2, 0.25) is 0 Å². The van der Waals surface area contributed by atoms with Crippen LogP contribution < -0.4 is 0 Å². The van der Waals surface area contributed by atoms with Gasteiger partial charge in [-0.3, -0.25) is 0 Å². The van der Waals surface area contributed by atoms with Crippen LogP contribution in [0.1, 0.15) is 39.5 Å². The first-order valence-electron chi connectivity index (χ1n) is 5.57. The van der Waals surface area contributed by atoms with E-state index in [0.717, 1.165) is 19.6 Å². The molecule has 0 rings (SSSR count). The number of unbranched alkanes of at least 4 members (excludes halogenated alkanes) is 3. The average molecular weight is 200 g/mol. The molecule has 0 aromatic rings. The van der Waals surface area contributed by atoms with Crippen molar-refractivity contribution in [3.63, 3.8) is 0 Å². The maximum atomic E-state index is 5.44. The standard InChI is InChI=1S/C12H24O2/c1-4-9-13-10-7-5-6-8-11-14-12(2)3/h4,12H,1,5-11H2,2-3H3. The topological polar surface area (TPSA) is 18.5 Å². The highest BCUT2D eigenvalue weighted by Gasteiger charge is 1.93. The lowest BCUT2D eigenvalue weighted by Crippen LogP contribution is -2.03. The second-order valence-corrected chi connectivity index (χ2v) is 3.70. The molecule has 2 heteroatoms. The number of rotatable bonds is 10. The van der Waals surface area contributed by atoms with Gasteiger partial charge in [0.2, 0.25) is 0 Å². The van der Waals surface area contributed by atoms with E-state index in [1.54, 1.807) is 6.08 Å². The molecule has 2 nitrogen and oxygen atoms in total. The van der Waals surface area contributed by atoms with E-state index in [0.29, 0.717) is 12.7 Å². The SMILES string of the molecule is C=CCOCCCCCCOC(C)C. The number of hydrogen-bond donors (Lipinski definition) is 0. The Labute approximate surface area is 88.3 Å². The maximum Gasteiger partial charge on any atom is 0.0644 e. The van der Waals surface area contributed by atoms with E-state index in [4.69, 9.17) is 9.47 Å². The van der Waals surface area contributed by atoms with Crippen molar-refractivity contribution in [1.82, 2.24) is 0 Å². The minimum absolute atomic E-state index is 0.367. The van der Waals surface area contributed by atoms with Crippen LogP contribution in [-0.2, 0) is 9.47 Å². The molecule has 0 aliphatic heterocycles. The fourth-order valence-corrected chi connectivity index (χ4v) is 1.15. The molecule has 0 amide bonds. The molecule has 0 saturated carbocycles. The third-order valence-electron chi connectivity index (χ3n) is 1.87. The largest absolute Gasteiger partial charge is 0.379 e. The Bertz CT molecular complexity index is 121. The Morgan fingerprint density at radius 2 is 1.71 bits per heavy atom. The lowest BCUT2D eigenvalue weighted by molar-refractivity contribution is 0.0751. The van der Waals surface area contributed by atoms with Crippen LogP contribution in [-0.4, -0.2) is 25.9 Å². The molecular formula is C12H24O2. The molecule has 0 N–H and O–H groups in total. The molecule has 0 fully saturated rings. The molecule has 0 aliphatic rings. The van der Waals surface area contributed by atoms with Gasteiger partial charge in [-0.2, -0.15) is 0 Å². The highest BCUT2D eigenvalue weighted by atomic mass is 16.5. The summed E-state index contributed by atoms with van der Waals surface area (Å²) in [6.07, 6.45) is 6.94. The highest BCUT2D eigenvalue weighted by Crippen LogP contribution is 2.01. The molecule has 0 heterocycles. The third kappa shape index (κ3) is 11.7. The van der Waals surface area contributed by atoms with Crippen molar-refractivity contribution in [3.05, 3.63) is 12.7 Å². The van der Waals surface area contributed by atoms with Crippen molar-refractivity contribution in [2.75, 3.05) is 19.8 Å². The lowest BCUT2D eigenvalue weighted by atomic mass is 10.2. The predicted molar refractivity (Wildman–Crippen MR) is 60.6 cm³/mol. The van der Waals surface area contributed by atoms with Gasteiger partial charge in [-0.15, -0.1) is 6.58 Å². The molecule has 14 heavy (non-hydrogen) atoms. The second kappa shape index (κ2) is 10.7. The Morgan fingerprint density at radius 1 is 1.07 bits per heavy atom. The monoisotopic (exact) mass is 200 g/mol. The molecule has 0 spiro atoms. The van der Waals surface area contributed by atoms with Crippen LogP contribution in [0, 0.1) is 0 Å². The van der Waals surface area contributed by atoms with Crippen LogP contribution in [0.4, 0.5) is 0 Å². The second-order valence-electron chi connectivity index (χ2n) is 3.70. The summed E-state index contributed by atoms with van der Waals surface area (Å²) in [5.41, 5.74) is 0. The summed E-state index contributed by atoms with van der Waals surface area (Å²) in [7, 11) is 0. The van der Waals surface area contributed by atoms with E-state index < -0.39 is 0 Å². The lowest BCUT2D eigenvalue weighted by Gasteiger charge is -2.06. The van der Waals surface area contributed by atoms with Crippen LogP contribution in [0.3, 0.4) is 0 Å². The van der Waals surface area contributed by atoms with E-state index in [1.165, 1.54) is 19.3 Å². The number of hydrogen-bond acceptors (Lipinski definition) is 2. The van der Waals surface area contributed by atoms with Crippen LogP contribution >= 0.6 is 0 Å². The number of ether oxygens (including phenoxy) is 2. The summed E-state index contributed by atoms with van der Waals surface area (Å²) < 4.78 is 10.7. The van der Waals surface area contributed by atoms with Crippen molar-refractivity contribution in [2.45, 2.75) is 45.6 Å². The Hall–Kier alpha value is -0.340. The molecule has 0 unspecified atom stereocenters. The molecule has 0 radical (unpaired) electrons. The Morgan fingerprint density at radius 3 is 2.29 bits per heavy atom. The summed E-state index contributed by atoms with van der Waals surface area (Å²) in [5, 5.41) is 0. The van der Waals surface area contributed by atoms with Crippen LogP contribution in [0.15, 0.2) is 12.7 Å². The van der Waals surface area contributed by atoms with Crippen molar-refractivity contribution in [1.29, 1.82) is 0 Å². The first kappa shape index (κ1) is 13.7. The minimum Gasteiger partial charge on any atom is -0.379 e. The van der Waals surface area contributed by atoms with Crippen molar-refractivity contribution >= 4 is 0 Å². The van der Waals surface area contributed by atoms with Gasteiger partial charge in [0.1, 0.15) is 0 Å². The molecule has 0 saturated heterocycles. The maximum absolute atomic E-state index is 5.44. The van der Waals surface area contributed by atoms with Crippen molar-refractivity contribution in [2.24, 2.45) is 0 Å². The van der Waals surface area contributed by atoms with E-state index in [-0.39, 0.29) is 0 Å². The summed E-state index contributed by atoms with van der Waals surface area (Å²) in [5.74, 6) is 0. The average Bonchev–Trinajstić information content (AvgIpc) is 2.15. The van der Waals surface area contributed by atoms with Gasteiger partial charge in [0.25, 0.3) is 0 Å². The quantitative estimate of drug-likeness (QED) is 0.398. The zero-order valence-electron chi connectivity index (χ0n) is 9.63. The van der Waals surface area contributed by atoms with Gasteiger partial charge in [-0.05, 0) is 26.7 Å². The third-order valence-corrected chi connectivity index (χ3v) is 1.87. The molecule has 0 aliphatic carbocycles. The first-order chi connectivity index (χ1) is 6.77. The van der Waals surface area contributed by atoms with Gasteiger partial charge >= 0.3 is 0 Å².